The Kier molecular flexibility index (Phi) is 3.39. The van der Waals surface area contributed by atoms with Crippen LogP contribution in [-0.4, -0.2) is 33.6 Å². The van der Waals surface area contributed by atoms with Crippen molar-refractivity contribution in [3.05, 3.63) is 18.7 Å². The number of carboxylic acid groups (broad SMARTS) is 1. The molecule has 1 heterocycles. The van der Waals surface area contributed by atoms with Gasteiger partial charge in [0, 0.05) is 6.04 Å². The van der Waals surface area contributed by atoms with E-state index in [1.165, 1.54) is 6.33 Å². The third kappa shape index (κ3) is 2.69. The van der Waals surface area contributed by atoms with E-state index in [2.05, 4.69) is 9.97 Å². The highest BCUT2D eigenvalue weighted by molar-refractivity contribution is 5.73. The second kappa shape index (κ2) is 4.55. The van der Waals surface area contributed by atoms with E-state index in [4.69, 9.17) is 5.11 Å². The number of carboxylic acids is 1. The van der Waals surface area contributed by atoms with Crippen LogP contribution in [-0.2, 0) is 4.79 Å². The van der Waals surface area contributed by atoms with Crippen LogP contribution in [0.25, 0.3) is 0 Å². The van der Waals surface area contributed by atoms with Crippen LogP contribution in [0.1, 0.15) is 13.8 Å². The second-order valence-corrected chi connectivity index (χ2v) is 3.21. The maximum Gasteiger partial charge on any atom is 0.323 e. The fourth-order valence-corrected chi connectivity index (χ4v) is 1.16. The maximum absolute atomic E-state index is 10.6. The molecule has 0 aliphatic rings. The van der Waals surface area contributed by atoms with Crippen molar-refractivity contribution in [2.75, 3.05) is 11.4 Å². The van der Waals surface area contributed by atoms with E-state index >= 15 is 0 Å². The molecule has 0 saturated heterocycles. The van der Waals surface area contributed by atoms with Crippen LogP contribution >= 0.6 is 0 Å². The summed E-state index contributed by atoms with van der Waals surface area (Å²) in [5.74, 6) is -0.859. The summed E-state index contributed by atoms with van der Waals surface area (Å²) in [7, 11) is 0. The molecule has 76 valence electrons. The van der Waals surface area contributed by atoms with Crippen LogP contribution in [0.3, 0.4) is 0 Å². The van der Waals surface area contributed by atoms with Crippen molar-refractivity contribution in [2.24, 2.45) is 0 Å². The second-order valence-electron chi connectivity index (χ2n) is 3.21. The molecule has 0 aromatic carbocycles. The van der Waals surface area contributed by atoms with Crippen molar-refractivity contribution in [3.63, 3.8) is 0 Å². The molecule has 0 amide bonds. The number of aromatic nitrogens is 2. The van der Waals surface area contributed by atoms with Crippen LogP contribution in [0.2, 0.25) is 0 Å². The molecule has 0 radical (unpaired) electrons. The number of anilines is 1. The summed E-state index contributed by atoms with van der Waals surface area (Å²) in [4.78, 5) is 20.0. The third-order valence-corrected chi connectivity index (χ3v) is 1.81. The van der Waals surface area contributed by atoms with Gasteiger partial charge < -0.3 is 10.0 Å². The Balaban J connectivity index is 2.83. The molecule has 0 bridgehead atoms. The minimum absolute atomic E-state index is 0.0367. The molecule has 0 unspecified atom stereocenters. The molecule has 14 heavy (non-hydrogen) atoms. The van der Waals surface area contributed by atoms with Crippen molar-refractivity contribution < 1.29 is 9.90 Å². The summed E-state index contributed by atoms with van der Waals surface area (Å²) >= 11 is 0. The van der Waals surface area contributed by atoms with Gasteiger partial charge in [0.05, 0.1) is 18.1 Å². The van der Waals surface area contributed by atoms with Gasteiger partial charge in [-0.15, -0.1) is 0 Å². The monoisotopic (exact) mass is 195 g/mol. The highest BCUT2D eigenvalue weighted by Gasteiger charge is 2.13. The van der Waals surface area contributed by atoms with E-state index in [0.717, 1.165) is 5.69 Å². The standard InChI is InChI=1S/C9H13N3O2/c1-7(2)12(5-9(13)14)8-3-10-6-11-4-8/h3-4,6-7H,5H2,1-2H3,(H,13,14). The Morgan fingerprint density at radius 2 is 2.07 bits per heavy atom. The lowest BCUT2D eigenvalue weighted by atomic mass is 10.3. The van der Waals surface area contributed by atoms with E-state index in [-0.39, 0.29) is 12.6 Å². The SMILES string of the molecule is CC(C)N(CC(=O)O)c1cncnc1. The van der Waals surface area contributed by atoms with Gasteiger partial charge in [-0.25, -0.2) is 9.97 Å². The van der Waals surface area contributed by atoms with Crippen molar-refractivity contribution in [1.82, 2.24) is 9.97 Å². The molecule has 0 spiro atoms. The molecule has 0 aliphatic heterocycles. The van der Waals surface area contributed by atoms with Gasteiger partial charge in [-0.05, 0) is 13.8 Å². The van der Waals surface area contributed by atoms with Crippen LogP contribution in [0, 0.1) is 0 Å². The average molecular weight is 195 g/mol. The lowest BCUT2D eigenvalue weighted by molar-refractivity contribution is -0.135. The van der Waals surface area contributed by atoms with Crippen LogP contribution in [0.15, 0.2) is 18.7 Å². The molecule has 1 aromatic rings. The summed E-state index contributed by atoms with van der Waals surface area (Å²) in [6, 6.07) is 0.108. The molecule has 0 atom stereocenters. The predicted molar refractivity (Wildman–Crippen MR) is 52.1 cm³/mol. The van der Waals surface area contributed by atoms with Gasteiger partial charge >= 0.3 is 5.97 Å². The first-order valence-corrected chi connectivity index (χ1v) is 4.34. The summed E-state index contributed by atoms with van der Waals surface area (Å²) in [6.45, 7) is 3.82. The first-order chi connectivity index (χ1) is 6.61. The lowest BCUT2D eigenvalue weighted by Crippen LogP contribution is -2.35. The Morgan fingerprint density at radius 3 is 2.50 bits per heavy atom. The Labute approximate surface area is 82.4 Å². The first kappa shape index (κ1) is 10.4. The van der Waals surface area contributed by atoms with Gasteiger partial charge in [-0.3, -0.25) is 4.79 Å². The minimum atomic E-state index is -0.859. The molecule has 1 aromatic heterocycles. The average Bonchev–Trinajstić information content (AvgIpc) is 2.15. The molecule has 5 nitrogen and oxygen atoms in total. The largest absolute Gasteiger partial charge is 0.480 e. The lowest BCUT2D eigenvalue weighted by Gasteiger charge is -2.26. The number of rotatable bonds is 4. The summed E-state index contributed by atoms with van der Waals surface area (Å²) in [5.41, 5.74) is 0.727. The van der Waals surface area contributed by atoms with E-state index < -0.39 is 5.97 Å². The summed E-state index contributed by atoms with van der Waals surface area (Å²) in [5, 5.41) is 8.71. The van der Waals surface area contributed by atoms with Crippen molar-refractivity contribution in [1.29, 1.82) is 0 Å². The molecular weight excluding hydrogens is 182 g/mol. The molecule has 1 N–H and O–H groups in total. The molecule has 1 rings (SSSR count). The van der Waals surface area contributed by atoms with Crippen LogP contribution in [0.5, 0.6) is 0 Å². The molecular formula is C9H13N3O2. The molecule has 0 saturated carbocycles. The number of hydrogen-bond donors (Lipinski definition) is 1. The minimum Gasteiger partial charge on any atom is -0.480 e. The fourth-order valence-electron chi connectivity index (χ4n) is 1.16. The van der Waals surface area contributed by atoms with Gasteiger partial charge in [0.25, 0.3) is 0 Å². The number of aliphatic carboxylic acids is 1. The highest BCUT2D eigenvalue weighted by atomic mass is 16.4. The smallest absolute Gasteiger partial charge is 0.323 e. The van der Waals surface area contributed by atoms with Crippen molar-refractivity contribution in [3.8, 4) is 0 Å². The summed E-state index contributed by atoms with van der Waals surface area (Å²) < 4.78 is 0. The Bertz CT molecular complexity index is 300. The topological polar surface area (TPSA) is 66.3 Å². The van der Waals surface area contributed by atoms with E-state index in [0.29, 0.717) is 0 Å². The quantitative estimate of drug-likeness (QED) is 0.768. The zero-order chi connectivity index (χ0) is 10.6. The molecule has 0 aliphatic carbocycles. The van der Waals surface area contributed by atoms with Gasteiger partial charge in [0.2, 0.25) is 0 Å². The van der Waals surface area contributed by atoms with Crippen molar-refractivity contribution in [2.45, 2.75) is 19.9 Å². The molecule has 5 heteroatoms. The Hall–Kier alpha value is -1.65. The first-order valence-electron chi connectivity index (χ1n) is 4.34. The van der Waals surface area contributed by atoms with Crippen LogP contribution < -0.4 is 4.90 Å². The molecule has 0 fully saturated rings. The highest BCUT2D eigenvalue weighted by Crippen LogP contribution is 2.12. The van der Waals surface area contributed by atoms with E-state index in [9.17, 15) is 4.79 Å². The van der Waals surface area contributed by atoms with E-state index in [1.54, 1.807) is 17.3 Å². The fraction of sp³-hybridized carbons (Fsp3) is 0.444. The van der Waals surface area contributed by atoms with Crippen molar-refractivity contribution >= 4 is 11.7 Å². The predicted octanol–water partition coefficient (Wildman–Crippen LogP) is 0.776. The van der Waals surface area contributed by atoms with Crippen LogP contribution in [0.4, 0.5) is 5.69 Å². The maximum atomic E-state index is 10.6. The third-order valence-electron chi connectivity index (χ3n) is 1.81. The Morgan fingerprint density at radius 1 is 1.50 bits per heavy atom. The van der Waals surface area contributed by atoms with Gasteiger partial charge in [-0.1, -0.05) is 0 Å². The number of hydrogen-bond acceptors (Lipinski definition) is 4. The van der Waals surface area contributed by atoms with Gasteiger partial charge in [-0.2, -0.15) is 0 Å². The van der Waals surface area contributed by atoms with Gasteiger partial charge in [0.1, 0.15) is 12.9 Å². The number of nitrogens with zero attached hydrogens (tertiary/aromatic N) is 3. The number of carbonyl (C=O) groups is 1. The normalized spacial score (nSPS) is 10.2. The van der Waals surface area contributed by atoms with E-state index in [1.807, 2.05) is 13.8 Å². The summed E-state index contributed by atoms with van der Waals surface area (Å²) in [6.07, 6.45) is 4.63. The zero-order valence-electron chi connectivity index (χ0n) is 8.21. The van der Waals surface area contributed by atoms with Gasteiger partial charge in [0.15, 0.2) is 0 Å². The zero-order valence-corrected chi connectivity index (χ0v) is 8.21.